The highest BCUT2D eigenvalue weighted by Gasteiger charge is 2.55. The summed E-state index contributed by atoms with van der Waals surface area (Å²) in [6.07, 6.45) is -4.82. The third-order valence-electron chi connectivity index (χ3n) is 4.52. The fraction of sp³-hybridized carbons (Fsp3) is 0.438. The summed E-state index contributed by atoms with van der Waals surface area (Å²) < 4.78 is 44.5. The molecule has 3 heterocycles. The van der Waals surface area contributed by atoms with Crippen LogP contribution < -0.4 is 10.00 Å². The number of amides is 2. The van der Waals surface area contributed by atoms with Gasteiger partial charge in [-0.15, -0.1) is 16.4 Å². The average molecular weight is 484 g/mol. The molecule has 0 spiro atoms. The minimum absolute atomic E-state index is 0.103. The number of hydrogen-bond donors (Lipinski definition) is 3. The van der Waals surface area contributed by atoms with Crippen LogP contribution in [-0.4, -0.2) is 62.6 Å². The minimum Gasteiger partial charge on any atom is -0.477 e. The third-order valence-corrected chi connectivity index (χ3v) is 6.23. The van der Waals surface area contributed by atoms with Gasteiger partial charge in [0.25, 0.3) is 11.8 Å². The van der Waals surface area contributed by atoms with Gasteiger partial charge in [0.05, 0.1) is 0 Å². The Morgan fingerprint density at radius 2 is 2.06 bits per heavy atom. The molecule has 1 aromatic rings. The summed E-state index contributed by atoms with van der Waals surface area (Å²) in [4.78, 5) is 48.6. The molecule has 2 atom stereocenters. The first kappa shape index (κ1) is 22.9. The first-order valence-electron chi connectivity index (χ1n) is 8.53. The van der Waals surface area contributed by atoms with Gasteiger partial charge < -0.3 is 15.2 Å². The van der Waals surface area contributed by atoms with E-state index in [1.165, 1.54) is 0 Å². The Labute approximate surface area is 181 Å². The van der Waals surface area contributed by atoms with E-state index in [2.05, 4.69) is 10.4 Å². The van der Waals surface area contributed by atoms with Gasteiger partial charge in [-0.25, -0.2) is 4.79 Å². The number of halogens is 4. The molecule has 0 aromatic carbocycles. The van der Waals surface area contributed by atoms with Crippen LogP contribution in [0.3, 0.4) is 0 Å². The maximum atomic E-state index is 13.1. The van der Waals surface area contributed by atoms with E-state index in [0.717, 1.165) is 30.6 Å². The number of aromatic nitrogens is 2. The Bertz CT molecular complexity index is 1020. The molecule has 2 aliphatic rings. The normalized spacial score (nSPS) is 20.8. The summed E-state index contributed by atoms with van der Waals surface area (Å²) >= 11 is 6.82. The van der Waals surface area contributed by atoms with E-state index < -0.39 is 57.8 Å². The molecule has 15 heteroatoms. The molecule has 2 unspecified atom stereocenters. The quantitative estimate of drug-likeness (QED) is 0.314. The van der Waals surface area contributed by atoms with Gasteiger partial charge in [0.15, 0.2) is 17.8 Å². The lowest BCUT2D eigenvalue weighted by Gasteiger charge is -2.49. The second-order valence-electron chi connectivity index (χ2n) is 6.60. The summed E-state index contributed by atoms with van der Waals surface area (Å²) in [6.45, 7) is 0.836. The first-order valence-corrected chi connectivity index (χ1v) is 9.96. The van der Waals surface area contributed by atoms with E-state index in [4.69, 9.17) is 16.3 Å². The number of thioether (sulfide) groups is 1. The van der Waals surface area contributed by atoms with Crippen molar-refractivity contribution in [2.75, 3.05) is 12.4 Å². The molecule has 0 bridgehead atoms. The van der Waals surface area contributed by atoms with E-state index >= 15 is 0 Å². The highest BCUT2D eigenvalue weighted by molar-refractivity contribution is 8.00. The minimum atomic E-state index is -4.82. The summed E-state index contributed by atoms with van der Waals surface area (Å²) in [6, 6.07) is -1.18. The van der Waals surface area contributed by atoms with Crippen molar-refractivity contribution >= 4 is 47.1 Å². The molecule has 3 N–H and O–H groups in total. The molecule has 2 aliphatic heterocycles. The fourth-order valence-electron chi connectivity index (χ4n) is 3.20. The van der Waals surface area contributed by atoms with E-state index in [9.17, 15) is 37.5 Å². The number of fused-ring (bicyclic) bond motifs is 1. The first-order chi connectivity index (χ1) is 14.3. The summed E-state index contributed by atoms with van der Waals surface area (Å²) in [5.74, 6) is -3.77. The Hall–Kier alpha value is -2.74. The van der Waals surface area contributed by atoms with Crippen molar-refractivity contribution in [2.45, 2.75) is 24.5 Å². The van der Waals surface area contributed by atoms with Crippen molar-refractivity contribution in [1.29, 1.82) is 0 Å². The monoisotopic (exact) mass is 483 g/mol. The molecule has 1 fully saturated rings. The van der Waals surface area contributed by atoms with Crippen LogP contribution in [0.5, 0.6) is 0 Å². The summed E-state index contributed by atoms with van der Waals surface area (Å²) in [5, 5.41) is 12.3. The Morgan fingerprint density at radius 3 is 2.58 bits per heavy atom. The number of ether oxygens (including phenoxy) is 1. The molecule has 3 rings (SSSR count). The number of carbonyl (C=O) groups is 4. The zero-order chi connectivity index (χ0) is 23.2. The van der Waals surface area contributed by atoms with Crippen LogP contribution in [0.4, 0.5) is 13.2 Å². The highest BCUT2D eigenvalue weighted by Crippen LogP contribution is 2.40. The van der Waals surface area contributed by atoms with Gasteiger partial charge in [0.2, 0.25) is 0 Å². The van der Waals surface area contributed by atoms with Crippen LogP contribution in [0.1, 0.15) is 23.1 Å². The van der Waals surface area contributed by atoms with Crippen molar-refractivity contribution < 1.29 is 46.9 Å². The third kappa shape index (κ3) is 4.08. The number of aliphatic carboxylic acids is 1. The van der Waals surface area contributed by atoms with Gasteiger partial charge in [-0.05, 0) is 0 Å². The van der Waals surface area contributed by atoms with Gasteiger partial charge in [0.1, 0.15) is 23.7 Å². The SMILES string of the molecule is CC(=O)OCC1=C(C(=O)O)N2C(=O)C(NC(=O)c3[nH][n+](C)c(C(F)(F)F)c3Cl)C2SC1. The van der Waals surface area contributed by atoms with E-state index in [-0.39, 0.29) is 23.6 Å². The zero-order valence-electron chi connectivity index (χ0n) is 15.9. The smallest absolute Gasteiger partial charge is 0.477 e. The number of carboxylic acids is 1. The number of H-pyrrole nitrogens is 1. The van der Waals surface area contributed by atoms with Crippen LogP contribution in [0, 0.1) is 0 Å². The lowest BCUT2D eigenvalue weighted by Crippen LogP contribution is -2.70. The van der Waals surface area contributed by atoms with Crippen LogP contribution in [0.25, 0.3) is 0 Å². The molecule has 0 aliphatic carbocycles. The highest BCUT2D eigenvalue weighted by atomic mass is 35.5. The lowest BCUT2D eigenvalue weighted by molar-refractivity contribution is -0.743. The van der Waals surface area contributed by atoms with E-state index in [1.54, 1.807) is 0 Å². The Kier molecular flexibility index (Phi) is 5.97. The molecule has 0 saturated carbocycles. The van der Waals surface area contributed by atoms with Crippen molar-refractivity contribution in [2.24, 2.45) is 7.05 Å². The second kappa shape index (κ2) is 8.07. The largest absolute Gasteiger partial charge is 0.481 e. The van der Waals surface area contributed by atoms with E-state index in [1.807, 2.05) is 0 Å². The number of aryl methyl sites for hydroxylation is 1. The van der Waals surface area contributed by atoms with Crippen molar-refractivity contribution in [3.8, 4) is 0 Å². The molecule has 2 amide bonds. The predicted molar refractivity (Wildman–Crippen MR) is 97.6 cm³/mol. The standard InChI is InChI=1S/C16H14ClF3N4O6S/c1-5(25)30-3-6-4-31-14-9(13(27)24(14)10(6)15(28)29)21-12(26)8-7(17)11(16(18,19)20)23(2)22-8/h9,14H,3-4H2,1-2H3,(H2,21,26,28,29)/p+1. The van der Waals surface area contributed by atoms with Gasteiger partial charge in [-0.3, -0.25) is 19.3 Å². The summed E-state index contributed by atoms with van der Waals surface area (Å²) in [7, 11) is 1.02. The second-order valence-corrected chi connectivity index (χ2v) is 8.09. The molecule has 10 nitrogen and oxygen atoms in total. The number of carboxylic acid groups (broad SMARTS) is 1. The maximum absolute atomic E-state index is 13.1. The number of carbonyl (C=O) groups excluding carboxylic acids is 3. The van der Waals surface area contributed by atoms with Crippen molar-refractivity contribution in [3.05, 3.63) is 27.7 Å². The Balaban J connectivity index is 1.80. The van der Waals surface area contributed by atoms with Crippen LogP contribution in [0.15, 0.2) is 11.3 Å². The lowest BCUT2D eigenvalue weighted by atomic mass is 10.0. The maximum Gasteiger partial charge on any atom is 0.481 e. The molecule has 1 aromatic heterocycles. The Morgan fingerprint density at radius 1 is 1.42 bits per heavy atom. The topological polar surface area (TPSA) is 133 Å². The number of nitrogens with zero attached hydrogens (tertiary/aromatic N) is 2. The number of β-lactam (4-membered cyclic amide) rings is 1. The van der Waals surface area contributed by atoms with Gasteiger partial charge >= 0.3 is 23.8 Å². The molecule has 1 saturated heterocycles. The molecule has 0 radical (unpaired) electrons. The number of alkyl halides is 3. The molecular weight excluding hydrogens is 469 g/mol. The molecule has 31 heavy (non-hydrogen) atoms. The number of esters is 1. The predicted octanol–water partition coefficient (Wildman–Crippen LogP) is 0.427. The number of rotatable bonds is 5. The fourth-order valence-corrected chi connectivity index (χ4v) is 4.89. The van der Waals surface area contributed by atoms with Gasteiger partial charge in [0, 0.05) is 18.2 Å². The van der Waals surface area contributed by atoms with Crippen molar-refractivity contribution in [1.82, 2.24) is 15.3 Å². The number of nitrogens with one attached hydrogen (secondary N) is 2. The van der Waals surface area contributed by atoms with Gasteiger partial charge in [-0.1, -0.05) is 11.6 Å². The average Bonchev–Trinajstić information content (AvgIpc) is 2.97. The van der Waals surface area contributed by atoms with Crippen LogP contribution in [-0.2, 0) is 32.3 Å². The summed E-state index contributed by atoms with van der Waals surface area (Å²) in [5.41, 5.74) is -2.01. The van der Waals surface area contributed by atoms with Crippen LogP contribution >= 0.6 is 23.4 Å². The molecular formula is C16H15ClF3N4O6S+. The zero-order valence-corrected chi connectivity index (χ0v) is 17.4. The molecule has 168 valence electrons. The van der Waals surface area contributed by atoms with Crippen molar-refractivity contribution in [3.63, 3.8) is 0 Å². The van der Waals surface area contributed by atoms with Crippen LogP contribution in [0.2, 0.25) is 5.02 Å². The number of aromatic amines is 1. The van der Waals surface area contributed by atoms with Gasteiger partial charge in [-0.2, -0.15) is 18.3 Å². The number of hydrogen-bond acceptors (Lipinski definition) is 6. The van der Waals surface area contributed by atoms with E-state index in [0.29, 0.717) is 4.68 Å².